The molecular formula is C19H40O4Si. The third kappa shape index (κ3) is 6.96. The molecule has 0 aliphatic heterocycles. The molecule has 0 amide bonds. The van der Waals surface area contributed by atoms with Crippen molar-refractivity contribution in [3.05, 3.63) is 12.2 Å². The van der Waals surface area contributed by atoms with Crippen LogP contribution in [-0.4, -0.2) is 46.1 Å². The van der Waals surface area contributed by atoms with Gasteiger partial charge in [0, 0.05) is 19.1 Å². The van der Waals surface area contributed by atoms with Crippen LogP contribution >= 0.6 is 0 Å². The van der Waals surface area contributed by atoms with Gasteiger partial charge in [0.2, 0.25) is 0 Å². The highest BCUT2D eigenvalue weighted by Gasteiger charge is 2.42. The Labute approximate surface area is 150 Å². The Hall–Kier alpha value is -0.203. The van der Waals surface area contributed by atoms with Crippen molar-refractivity contribution in [2.24, 2.45) is 5.41 Å². The third-order valence-electron chi connectivity index (χ3n) is 5.35. The van der Waals surface area contributed by atoms with Crippen molar-refractivity contribution in [1.82, 2.24) is 0 Å². The minimum Gasteiger partial charge on any atom is -0.413 e. The van der Waals surface area contributed by atoms with Crippen LogP contribution in [0.5, 0.6) is 0 Å². The zero-order chi connectivity index (χ0) is 18.6. The molecule has 0 aliphatic carbocycles. The second-order valence-electron chi connectivity index (χ2n) is 7.05. The fraction of sp³-hybridized carbons (Fsp3) is 0.895. The number of aliphatic hydroxyl groups is 1. The van der Waals surface area contributed by atoms with Gasteiger partial charge in [-0.3, -0.25) is 0 Å². The van der Waals surface area contributed by atoms with Crippen molar-refractivity contribution in [3.8, 4) is 0 Å². The molecule has 144 valence electrons. The monoisotopic (exact) mass is 360 g/mol. The lowest BCUT2D eigenvalue weighted by Crippen LogP contribution is -2.50. The van der Waals surface area contributed by atoms with E-state index in [4.69, 9.17) is 13.9 Å². The molecule has 0 unspecified atom stereocenters. The average molecular weight is 361 g/mol. The van der Waals surface area contributed by atoms with Crippen molar-refractivity contribution < 1.29 is 19.0 Å². The van der Waals surface area contributed by atoms with E-state index < -0.39 is 8.32 Å². The predicted molar refractivity (Wildman–Crippen MR) is 104 cm³/mol. The maximum Gasteiger partial charge on any atom is 0.192 e. The molecule has 0 saturated heterocycles. The summed E-state index contributed by atoms with van der Waals surface area (Å²) >= 11 is 0. The van der Waals surface area contributed by atoms with Crippen LogP contribution in [-0.2, 0) is 13.9 Å². The molecule has 5 heteroatoms. The highest BCUT2D eigenvalue weighted by molar-refractivity contribution is 6.73. The van der Waals surface area contributed by atoms with Gasteiger partial charge < -0.3 is 19.0 Å². The van der Waals surface area contributed by atoms with Crippen molar-refractivity contribution in [2.75, 3.05) is 20.5 Å². The van der Waals surface area contributed by atoms with Gasteiger partial charge >= 0.3 is 0 Å². The van der Waals surface area contributed by atoms with E-state index in [0.717, 1.165) is 24.6 Å². The van der Waals surface area contributed by atoms with E-state index in [9.17, 15) is 5.11 Å². The minimum atomic E-state index is -1.75. The number of hydrogen-bond donors (Lipinski definition) is 1. The fourth-order valence-electron chi connectivity index (χ4n) is 3.21. The van der Waals surface area contributed by atoms with Crippen LogP contribution in [0.4, 0.5) is 0 Å². The first kappa shape index (κ1) is 23.8. The molecule has 0 aliphatic rings. The van der Waals surface area contributed by atoms with Gasteiger partial charge in [0.15, 0.2) is 8.32 Å². The summed E-state index contributed by atoms with van der Waals surface area (Å²) in [6.07, 6.45) is 5.61. The van der Waals surface area contributed by atoms with Crippen molar-refractivity contribution in [2.45, 2.75) is 84.7 Å². The molecule has 1 N–H and O–H groups in total. The van der Waals surface area contributed by atoms with E-state index in [1.807, 2.05) is 13.0 Å². The Balaban J connectivity index is 5.44. The van der Waals surface area contributed by atoms with E-state index >= 15 is 0 Å². The van der Waals surface area contributed by atoms with Crippen LogP contribution in [0, 0.1) is 5.41 Å². The molecule has 4 nitrogen and oxygen atoms in total. The molecule has 0 saturated carbocycles. The lowest BCUT2D eigenvalue weighted by atomic mass is 9.78. The Morgan fingerprint density at radius 1 is 1.08 bits per heavy atom. The maximum absolute atomic E-state index is 9.60. The molecule has 0 heterocycles. The highest BCUT2D eigenvalue weighted by Crippen LogP contribution is 2.37. The summed E-state index contributed by atoms with van der Waals surface area (Å²) in [5.74, 6) is 0. The summed E-state index contributed by atoms with van der Waals surface area (Å²) in [5.41, 5.74) is -0.210. The lowest BCUT2D eigenvalue weighted by molar-refractivity contribution is -0.137. The highest BCUT2D eigenvalue weighted by atomic mass is 28.4. The largest absolute Gasteiger partial charge is 0.413 e. The summed E-state index contributed by atoms with van der Waals surface area (Å²) in [4.78, 5) is 0. The SMILES string of the molecule is C/C=C/C[C@@H](OCOC)C(C)(C)[C@H](CCO)O[Si](CC)(CC)CC. The number of allylic oxidation sites excluding steroid dienone is 1. The lowest BCUT2D eigenvalue weighted by Gasteiger charge is -2.44. The quantitative estimate of drug-likeness (QED) is 0.276. The van der Waals surface area contributed by atoms with Gasteiger partial charge in [-0.15, -0.1) is 0 Å². The third-order valence-corrected chi connectivity index (χ3v) is 10.00. The molecule has 2 atom stereocenters. The zero-order valence-electron chi connectivity index (χ0n) is 16.9. The Bertz CT molecular complexity index is 332. The summed E-state index contributed by atoms with van der Waals surface area (Å²) < 4.78 is 17.9. The number of methoxy groups -OCH3 is 1. The van der Waals surface area contributed by atoms with Gasteiger partial charge in [0.25, 0.3) is 0 Å². The van der Waals surface area contributed by atoms with Gasteiger partial charge in [0.1, 0.15) is 6.79 Å². The van der Waals surface area contributed by atoms with E-state index in [0.29, 0.717) is 6.42 Å². The minimum absolute atomic E-state index is 0.0116. The summed E-state index contributed by atoms with van der Waals surface area (Å²) in [6, 6.07) is 3.32. The van der Waals surface area contributed by atoms with Crippen molar-refractivity contribution in [1.29, 1.82) is 0 Å². The van der Waals surface area contributed by atoms with Crippen molar-refractivity contribution in [3.63, 3.8) is 0 Å². The van der Waals surface area contributed by atoms with E-state index in [-0.39, 0.29) is 31.0 Å². The second-order valence-corrected chi connectivity index (χ2v) is 11.8. The molecule has 0 aromatic rings. The molecule has 0 rings (SSSR count). The zero-order valence-corrected chi connectivity index (χ0v) is 17.9. The second kappa shape index (κ2) is 12.2. The molecule has 24 heavy (non-hydrogen) atoms. The molecule has 0 bridgehead atoms. The maximum atomic E-state index is 9.60. The predicted octanol–water partition coefficient (Wildman–Crippen LogP) is 4.74. The number of aliphatic hydroxyl groups excluding tert-OH is 1. The molecule has 0 aromatic carbocycles. The molecule has 0 aromatic heterocycles. The standard InChI is InChI=1S/C19H40O4Si/c1-8-12-13-17(22-16-21-7)19(5,6)18(14-15-20)23-24(9-2,10-3)11-4/h8,12,17-18,20H,9-11,13-16H2,1-7H3/b12-8+/t17-,18+/m1/s1. The van der Waals surface area contributed by atoms with Crippen LogP contribution in [0.2, 0.25) is 18.1 Å². The number of hydrogen-bond acceptors (Lipinski definition) is 4. The van der Waals surface area contributed by atoms with Crippen LogP contribution in [0.25, 0.3) is 0 Å². The first-order valence-electron chi connectivity index (χ1n) is 9.37. The van der Waals surface area contributed by atoms with E-state index in [1.165, 1.54) is 0 Å². The van der Waals surface area contributed by atoms with Crippen LogP contribution in [0.15, 0.2) is 12.2 Å². The van der Waals surface area contributed by atoms with Gasteiger partial charge in [0.05, 0.1) is 12.2 Å². The van der Waals surface area contributed by atoms with Crippen molar-refractivity contribution >= 4 is 8.32 Å². The van der Waals surface area contributed by atoms with Crippen LogP contribution in [0.3, 0.4) is 0 Å². The molecular weight excluding hydrogens is 320 g/mol. The number of ether oxygens (including phenoxy) is 2. The average Bonchev–Trinajstić information content (AvgIpc) is 2.58. The Morgan fingerprint density at radius 3 is 2.08 bits per heavy atom. The van der Waals surface area contributed by atoms with Crippen LogP contribution in [0.1, 0.15) is 54.4 Å². The topological polar surface area (TPSA) is 47.9 Å². The number of rotatable bonds is 14. The molecule has 0 spiro atoms. The van der Waals surface area contributed by atoms with E-state index in [1.54, 1.807) is 7.11 Å². The Morgan fingerprint density at radius 2 is 1.67 bits per heavy atom. The van der Waals surface area contributed by atoms with E-state index in [2.05, 4.69) is 40.7 Å². The van der Waals surface area contributed by atoms with Gasteiger partial charge in [-0.25, -0.2) is 0 Å². The van der Waals surface area contributed by atoms with Gasteiger partial charge in [-0.05, 0) is 37.9 Å². The molecule has 0 fully saturated rings. The summed E-state index contributed by atoms with van der Waals surface area (Å²) in [6.45, 7) is 13.5. The Kier molecular flexibility index (Phi) is 12.1. The first-order valence-corrected chi connectivity index (χ1v) is 11.9. The first-order chi connectivity index (χ1) is 11.4. The van der Waals surface area contributed by atoms with Crippen LogP contribution < -0.4 is 0 Å². The summed E-state index contributed by atoms with van der Waals surface area (Å²) in [5, 5.41) is 9.60. The normalized spacial score (nSPS) is 15.8. The molecule has 0 radical (unpaired) electrons. The van der Waals surface area contributed by atoms with Gasteiger partial charge in [-0.2, -0.15) is 0 Å². The fourth-order valence-corrected chi connectivity index (χ4v) is 6.23. The smallest absolute Gasteiger partial charge is 0.192 e. The summed E-state index contributed by atoms with van der Waals surface area (Å²) in [7, 11) is -0.108. The van der Waals surface area contributed by atoms with Gasteiger partial charge in [-0.1, -0.05) is 46.8 Å².